The second-order valence-electron chi connectivity index (χ2n) is 8.40. The second kappa shape index (κ2) is 7.08. The van der Waals surface area contributed by atoms with Gasteiger partial charge >= 0.3 is 0 Å². The maximum absolute atomic E-state index is 12.6. The van der Waals surface area contributed by atoms with Crippen LogP contribution in [-0.4, -0.2) is 23.0 Å². The fourth-order valence-electron chi connectivity index (χ4n) is 4.47. The molecule has 0 radical (unpaired) electrons. The first kappa shape index (κ1) is 17.5. The van der Waals surface area contributed by atoms with Crippen LogP contribution in [0.1, 0.15) is 71.8 Å². The highest BCUT2D eigenvalue weighted by atomic mass is 16.5. The summed E-state index contributed by atoms with van der Waals surface area (Å²) in [5, 5.41) is 10.0. The molecule has 2 atom stereocenters. The Morgan fingerprint density at radius 3 is 2.75 bits per heavy atom. The maximum atomic E-state index is 12.6. The van der Waals surface area contributed by atoms with Crippen molar-refractivity contribution in [1.29, 1.82) is 0 Å². The van der Waals surface area contributed by atoms with E-state index in [9.17, 15) is 9.59 Å². The lowest BCUT2D eigenvalue weighted by atomic mass is 10.1. The van der Waals surface area contributed by atoms with Crippen LogP contribution in [0.2, 0.25) is 0 Å². The van der Waals surface area contributed by atoms with Crippen molar-refractivity contribution in [2.45, 2.75) is 63.3 Å². The molecule has 0 spiro atoms. The Bertz CT molecular complexity index is 916. The molecule has 2 saturated carbocycles. The smallest absolute Gasteiger partial charge is 0.290 e. The first-order valence-electron chi connectivity index (χ1n) is 10.4. The van der Waals surface area contributed by atoms with Crippen LogP contribution in [0.15, 0.2) is 28.8 Å². The summed E-state index contributed by atoms with van der Waals surface area (Å²) < 4.78 is 5.19. The van der Waals surface area contributed by atoms with Crippen LogP contribution in [0.25, 0.3) is 0 Å². The Balaban J connectivity index is 1.15. The number of rotatable bonds is 5. The zero-order chi connectivity index (χ0) is 19.1. The Labute approximate surface area is 164 Å². The minimum Gasteiger partial charge on any atom is -0.351 e. The van der Waals surface area contributed by atoms with Gasteiger partial charge in [0.25, 0.3) is 5.91 Å². The summed E-state index contributed by atoms with van der Waals surface area (Å²) in [6, 6.07) is 7.98. The third kappa shape index (κ3) is 3.55. The average Bonchev–Trinajstić information content (AvgIpc) is 3.11. The normalized spacial score (nSPS) is 23.4. The van der Waals surface area contributed by atoms with Crippen LogP contribution in [-0.2, 0) is 17.6 Å². The van der Waals surface area contributed by atoms with Crippen molar-refractivity contribution < 1.29 is 14.1 Å². The number of hydrogen-bond donors (Lipinski definition) is 2. The van der Waals surface area contributed by atoms with E-state index in [1.165, 1.54) is 17.5 Å². The zero-order valence-electron chi connectivity index (χ0n) is 15.9. The molecule has 1 aromatic heterocycles. The lowest BCUT2D eigenvalue weighted by molar-refractivity contribution is -0.119. The number of carbonyl (C=O) groups is 2. The SMILES string of the molecule is O=C(N[C@@H]1CC[C@H](C(=O)Nc2ccc3c(c2)CCC3)C1)c1cc(C2CC2)no1. The fraction of sp³-hybridized carbons (Fsp3) is 0.500. The quantitative estimate of drug-likeness (QED) is 0.832. The van der Waals surface area contributed by atoms with E-state index >= 15 is 0 Å². The first-order valence-corrected chi connectivity index (χ1v) is 10.4. The number of nitrogens with one attached hydrogen (secondary N) is 2. The van der Waals surface area contributed by atoms with Crippen LogP contribution in [0, 0.1) is 5.92 Å². The highest BCUT2D eigenvalue weighted by Crippen LogP contribution is 2.39. The summed E-state index contributed by atoms with van der Waals surface area (Å²) in [6.45, 7) is 0. The van der Waals surface area contributed by atoms with Gasteiger partial charge in [-0.1, -0.05) is 11.2 Å². The first-order chi connectivity index (χ1) is 13.7. The van der Waals surface area contributed by atoms with Crippen LogP contribution in [0.4, 0.5) is 5.69 Å². The van der Waals surface area contributed by atoms with Gasteiger partial charge < -0.3 is 15.2 Å². The summed E-state index contributed by atoms with van der Waals surface area (Å²) in [6.07, 6.45) is 7.93. The van der Waals surface area contributed by atoms with E-state index < -0.39 is 0 Å². The van der Waals surface area contributed by atoms with Gasteiger partial charge in [-0.25, -0.2) is 0 Å². The van der Waals surface area contributed by atoms with Crippen LogP contribution < -0.4 is 10.6 Å². The zero-order valence-corrected chi connectivity index (χ0v) is 15.9. The molecule has 2 N–H and O–H groups in total. The monoisotopic (exact) mass is 379 g/mol. The van der Waals surface area contributed by atoms with E-state index in [0.717, 1.165) is 49.9 Å². The topological polar surface area (TPSA) is 84.2 Å². The summed E-state index contributed by atoms with van der Waals surface area (Å²) in [5.74, 6) is 0.474. The molecule has 28 heavy (non-hydrogen) atoms. The van der Waals surface area contributed by atoms with Gasteiger partial charge in [-0.3, -0.25) is 9.59 Å². The lowest BCUT2D eigenvalue weighted by Gasteiger charge is -2.13. The van der Waals surface area contributed by atoms with Gasteiger partial charge in [-0.15, -0.1) is 0 Å². The number of aromatic nitrogens is 1. The molecule has 1 heterocycles. The summed E-state index contributed by atoms with van der Waals surface area (Å²) in [5.41, 5.74) is 4.52. The number of carbonyl (C=O) groups excluding carboxylic acids is 2. The minimum atomic E-state index is -0.232. The largest absolute Gasteiger partial charge is 0.351 e. The highest BCUT2D eigenvalue weighted by molar-refractivity contribution is 5.94. The third-order valence-corrected chi connectivity index (χ3v) is 6.25. The molecule has 0 bridgehead atoms. The minimum absolute atomic E-state index is 0.00209. The van der Waals surface area contributed by atoms with Gasteiger partial charge in [0.2, 0.25) is 11.7 Å². The lowest BCUT2D eigenvalue weighted by Crippen LogP contribution is -2.33. The number of hydrogen-bond acceptors (Lipinski definition) is 4. The van der Waals surface area contributed by atoms with Crippen molar-refractivity contribution in [3.05, 3.63) is 46.8 Å². The predicted octanol–water partition coefficient (Wildman–Crippen LogP) is 3.58. The van der Waals surface area contributed by atoms with Crippen molar-refractivity contribution in [3.63, 3.8) is 0 Å². The standard InChI is InChI=1S/C22H25N3O3/c26-21(23-17-8-6-13-2-1-3-15(13)10-17)16-7-9-18(11-16)24-22(27)20-12-19(25-28-20)14-4-5-14/h6,8,10,12,14,16,18H,1-5,7,9,11H2,(H,23,26)(H,24,27)/t16-,18+/m0/s1. The highest BCUT2D eigenvalue weighted by Gasteiger charge is 2.33. The van der Waals surface area contributed by atoms with Crippen LogP contribution in [0.3, 0.4) is 0 Å². The Hall–Kier alpha value is -2.63. The van der Waals surface area contributed by atoms with Gasteiger partial charge in [-0.2, -0.15) is 0 Å². The third-order valence-electron chi connectivity index (χ3n) is 6.25. The molecule has 146 valence electrons. The number of amides is 2. The molecule has 2 aromatic rings. The Morgan fingerprint density at radius 2 is 1.89 bits per heavy atom. The molecule has 0 unspecified atom stereocenters. The molecule has 2 fully saturated rings. The van der Waals surface area contributed by atoms with E-state index in [0.29, 0.717) is 12.3 Å². The molecule has 5 rings (SSSR count). The average molecular weight is 379 g/mol. The van der Waals surface area contributed by atoms with Crippen molar-refractivity contribution in [1.82, 2.24) is 10.5 Å². The molecular formula is C22H25N3O3. The number of benzene rings is 1. The molecule has 6 heteroatoms. The van der Waals surface area contributed by atoms with Gasteiger partial charge in [0.05, 0.1) is 5.69 Å². The van der Waals surface area contributed by atoms with E-state index in [1.807, 2.05) is 6.07 Å². The van der Waals surface area contributed by atoms with Gasteiger partial charge in [-0.05, 0) is 74.6 Å². The van der Waals surface area contributed by atoms with E-state index in [1.54, 1.807) is 6.07 Å². The fourth-order valence-corrected chi connectivity index (χ4v) is 4.47. The molecule has 3 aliphatic rings. The second-order valence-corrected chi connectivity index (χ2v) is 8.40. The van der Waals surface area contributed by atoms with Crippen molar-refractivity contribution in [2.24, 2.45) is 5.92 Å². The molecule has 0 saturated heterocycles. The van der Waals surface area contributed by atoms with Gasteiger partial charge in [0, 0.05) is 29.6 Å². The summed E-state index contributed by atoms with van der Waals surface area (Å²) in [7, 11) is 0. The maximum Gasteiger partial charge on any atom is 0.290 e. The Morgan fingerprint density at radius 1 is 1.04 bits per heavy atom. The molecular weight excluding hydrogens is 354 g/mol. The van der Waals surface area contributed by atoms with E-state index in [4.69, 9.17) is 4.52 Å². The van der Waals surface area contributed by atoms with Crippen LogP contribution >= 0.6 is 0 Å². The number of fused-ring (bicyclic) bond motifs is 1. The molecule has 3 aliphatic carbocycles. The summed E-state index contributed by atoms with van der Waals surface area (Å²) >= 11 is 0. The molecule has 6 nitrogen and oxygen atoms in total. The van der Waals surface area contributed by atoms with Crippen molar-refractivity contribution in [2.75, 3.05) is 5.32 Å². The van der Waals surface area contributed by atoms with E-state index in [2.05, 4.69) is 27.9 Å². The van der Waals surface area contributed by atoms with Gasteiger partial charge in [0.15, 0.2) is 0 Å². The summed E-state index contributed by atoms with van der Waals surface area (Å²) in [4.78, 5) is 25.0. The number of aryl methyl sites for hydroxylation is 2. The van der Waals surface area contributed by atoms with Crippen LogP contribution in [0.5, 0.6) is 0 Å². The number of anilines is 1. The van der Waals surface area contributed by atoms with Crippen molar-refractivity contribution in [3.8, 4) is 0 Å². The molecule has 0 aliphatic heterocycles. The van der Waals surface area contributed by atoms with Crippen molar-refractivity contribution >= 4 is 17.5 Å². The predicted molar refractivity (Wildman–Crippen MR) is 104 cm³/mol. The molecule has 1 aromatic carbocycles. The number of nitrogens with zero attached hydrogens (tertiary/aromatic N) is 1. The molecule has 2 amide bonds. The van der Waals surface area contributed by atoms with Gasteiger partial charge in [0.1, 0.15) is 0 Å². The van der Waals surface area contributed by atoms with E-state index in [-0.39, 0.29) is 29.5 Å². The Kier molecular flexibility index (Phi) is 4.41.